The van der Waals surface area contributed by atoms with Crippen LogP contribution in [0.3, 0.4) is 0 Å². The fourth-order valence-electron chi connectivity index (χ4n) is 14.5. The van der Waals surface area contributed by atoms with E-state index in [4.69, 9.17) is 0 Å². The van der Waals surface area contributed by atoms with E-state index in [1.807, 2.05) is 18.2 Å². The smallest absolute Gasteiger partial charge is 0.133 e. The summed E-state index contributed by atoms with van der Waals surface area (Å²) in [5.74, 6) is -1.14. The predicted molar refractivity (Wildman–Crippen MR) is 316 cm³/mol. The Bertz CT molecular complexity index is 5520. The molecule has 0 saturated carbocycles. The van der Waals surface area contributed by atoms with Crippen molar-refractivity contribution in [2.75, 3.05) is 0 Å². The fraction of sp³-hybridized carbons (Fsp3) is 0. The van der Waals surface area contributed by atoms with E-state index < -0.39 is 11.6 Å². The number of rotatable bonds is 4. The van der Waals surface area contributed by atoms with Crippen molar-refractivity contribution in [2.45, 2.75) is 0 Å². The molecule has 2 heteroatoms. The van der Waals surface area contributed by atoms with Crippen molar-refractivity contribution in [3.8, 4) is 44.5 Å². The Morgan fingerprint density at radius 2 is 0.645 bits per heavy atom. The highest BCUT2D eigenvalue weighted by Crippen LogP contribution is 2.56. The molecule has 18 rings (SSSR count). The van der Waals surface area contributed by atoms with Gasteiger partial charge >= 0.3 is 0 Å². The molecule has 0 unspecified atom stereocenters. The van der Waals surface area contributed by atoms with Gasteiger partial charge in [-0.15, -0.1) is 0 Å². The van der Waals surface area contributed by atoms with Gasteiger partial charge in [-0.25, -0.2) is 8.78 Å². The molecule has 0 nitrogen and oxygen atoms in total. The zero-order valence-corrected chi connectivity index (χ0v) is 40.7. The Balaban J connectivity index is 1.04. The van der Waals surface area contributed by atoms with E-state index in [-0.39, 0.29) is 5.56 Å². The minimum atomic E-state index is -0.569. The maximum atomic E-state index is 15.7. The van der Waals surface area contributed by atoms with Gasteiger partial charge in [0.2, 0.25) is 0 Å². The first-order valence-electron chi connectivity index (χ1n) is 26.2. The molecule has 0 heterocycles. The van der Waals surface area contributed by atoms with Crippen LogP contribution >= 0.6 is 0 Å². The summed E-state index contributed by atoms with van der Waals surface area (Å²) in [5.41, 5.74) is 7.58. The highest BCUT2D eigenvalue weighted by atomic mass is 19.1. The quantitative estimate of drug-likeness (QED) is 0.122. The molecule has 0 atom stereocenters. The van der Waals surface area contributed by atoms with Crippen LogP contribution in [-0.4, -0.2) is 0 Å². The first kappa shape index (κ1) is 40.7. The molecular formula is C74H38F2. The van der Waals surface area contributed by atoms with Gasteiger partial charge in [0.15, 0.2) is 0 Å². The molecule has 0 radical (unpaired) electrons. The van der Waals surface area contributed by atoms with Crippen LogP contribution in [0, 0.1) is 32.5 Å². The number of hydrogen-bond acceptors (Lipinski definition) is 0. The molecule has 0 aromatic heterocycles. The van der Waals surface area contributed by atoms with Gasteiger partial charge in [-0.3, -0.25) is 0 Å². The Hall–Kier alpha value is -9.76. The Kier molecular flexibility index (Phi) is 7.77. The predicted octanol–water partition coefficient (Wildman–Crippen LogP) is 20.5. The molecule has 1 aliphatic carbocycles. The summed E-state index contributed by atoms with van der Waals surface area (Å²) in [6.45, 7) is 0. The summed E-state index contributed by atoms with van der Waals surface area (Å²) in [7, 11) is 0. The van der Waals surface area contributed by atoms with E-state index in [1.54, 1.807) is 0 Å². The second-order valence-electron chi connectivity index (χ2n) is 21.1. The Morgan fingerprint density at radius 1 is 0.197 bits per heavy atom. The molecule has 0 saturated heterocycles. The van der Waals surface area contributed by atoms with Crippen LogP contribution in [0.15, 0.2) is 231 Å². The lowest BCUT2D eigenvalue weighted by Crippen LogP contribution is -1.92. The zero-order chi connectivity index (χ0) is 49.7. The van der Waals surface area contributed by atoms with E-state index in [9.17, 15) is 0 Å². The van der Waals surface area contributed by atoms with E-state index in [2.05, 4.69) is 194 Å². The van der Waals surface area contributed by atoms with Gasteiger partial charge in [0.05, 0.1) is 5.56 Å². The van der Waals surface area contributed by atoms with Crippen molar-refractivity contribution >= 4 is 118 Å². The summed E-state index contributed by atoms with van der Waals surface area (Å²) in [5, 5.41) is 31.6. The molecule has 0 N–H and O–H groups in total. The van der Waals surface area contributed by atoms with Gasteiger partial charge in [0.25, 0.3) is 0 Å². The molecule has 1 aliphatic rings. The van der Waals surface area contributed by atoms with Crippen molar-refractivity contribution < 1.29 is 8.78 Å². The average Bonchev–Trinajstić information content (AvgIpc) is 4.16. The molecule has 0 fully saturated rings. The first-order chi connectivity index (χ1) is 37.6. The van der Waals surface area contributed by atoms with Crippen molar-refractivity contribution in [3.63, 3.8) is 0 Å². The van der Waals surface area contributed by atoms with Crippen LogP contribution in [0.2, 0.25) is 0 Å². The third kappa shape index (κ3) is 5.06. The second-order valence-corrected chi connectivity index (χ2v) is 21.1. The molecule has 17 aromatic rings. The third-order valence-electron chi connectivity index (χ3n) is 17.5. The van der Waals surface area contributed by atoms with Gasteiger partial charge in [-0.1, -0.05) is 194 Å². The van der Waals surface area contributed by atoms with Crippen molar-refractivity contribution in [2.24, 2.45) is 0 Å². The number of benzene rings is 15. The topological polar surface area (TPSA) is 0 Å². The molecular weight excluding hydrogens is 927 g/mol. The minimum Gasteiger partial charge on any atom is -0.206 e. The molecule has 0 aliphatic heterocycles. The molecule has 0 bridgehead atoms. The minimum absolute atomic E-state index is 0.00136. The normalized spacial score (nSPS) is 12.6. The lowest BCUT2D eigenvalue weighted by atomic mass is 9.83. The SMILES string of the molecule is Fc1cccc(F)c1-c1ccc2c3cc4c(-c5ccccc5-c5ccccc5)c5c6ccc7c8ccc9c%10c(ccc(c%11ccc(c5c(-c5ccccc5)c4cc3c3cccc1c32)c6c%117)c%108)=c1cc2ccccc2cc1=9. The van der Waals surface area contributed by atoms with E-state index in [1.165, 1.54) is 137 Å². The third-order valence-corrected chi connectivity index (χ3v) is 17.5. The van der Waals surface area contributed by atoms with E-state index in [0.717, 1.165) is 54.2 Å². The maximum Gasteiger partial charge on any atom is 0.133 e. The number of halogens is 2. The van der Waals surface area contributed by atoms with E-state index in [0.29, 0.717) is 5.56 Å². The van der Waals surface area contributed by atoms with Crippen LogP contribution in [0.25, 0.3) is 163 Å². The van der Waals surface area contributed by atoms with Gasteiger partial charge in [-0.05, 0) is 215 Å². The number of hydrogen-bond donors (Lipinski definition) is 0. The average molecular weight is 965 g/mol. The van der Waals surface area contributed by atoms with Crippen LogP contribution in [0.5, 0.6) is 0 Å². The number of fused-ring (bicyclic) bond motifs is 11. The Morgan fingerprint density at radius 3 is 1.29 bits per heavy atom. The van der Waals surface area contributed by atoms with Crippen LogP contribution in [0.4, 0.5) is 8.78 Å². The highest BCUT2D eigenvalue weighted by molar-refractivity contribution is 6.47. The molecule has 348 valence electrons. The first-order valence-corrected chi connectivity index (χ1v) is 26.2. The molecule has 76 heavy (non-hydrogen) atoms. The monoisotopic (exact) mass is 964 g/mol. The van der Waals surface area contributed by atoms with E-state index >= 15 is 8.78 Å². The van der Waals surface area contributed by atoms with Crippen LogP contribution in [0.1, 0.15) is 0 Å². The fourth-order valence-corrected chi connectivity index (χ4v) is 14.5. The van der Waals surface area contributed by atoms with Gasteiger partial charge in [0, 0.05) is 0 Å². The lowest BCUT2D eigenvalue weighted by Gasteiger charge is -2.19. The van der Waals surface area contributed by atoms with Crippen molar-refractivity contribution in [3.05, 3.63) is 263 Å². The summed E-state index contributed by atoms with van der Waals surface area (Å²) in [6.07, 6.45) is 0. The zero-order valence-electron chi connectivity index (χ0n) is 40.7. The largest absolute Gasteiger partial charge is 0.206 e. The second kappa shape index (κ2) is 14.5. The lowest BCUT2D eigenvalue weighted by molar-refractivity contribution is 0.590. The van der Waals surface area contributed by atoms with Crippen molar-refractivity contribution in [1.82, 2.24) is 0 Å². The summed E-state index contributed by atoms with van der Waals surface area (Å²) in [6, 6.07) is 82.6. The Labute approximate surface area is 432 Å². The summed E-state index contributed by atoms with van der Waals surface area (Å²) in [4.78, 5) is 0. The van der Waals surface area contributed by atoms with Crippen molar-refractivity contribution in [1.29, 1.82) is 0 Å². The maximum absolute atomic E-state index is 15.7. The van der Waals surface area contributed by atoms with Gasteiger partial charge in [-0.2, -0.15) is 0 Å². The highest BCUT2D eigenvalue weighted by Gasteiger charge is 2.29. The van der Waals surface area contributed by atoms with Crippen LogP contribution in [-0.2, 0) is 0 Å². The van der Waals surface area contributed by atoms with Crippen LogP contribution < -0.4 is 0 Å². The summed E-state index contributed by atoms with van der Waals surface area (Å²) >= 11 is 0. The molecule has 0 spiro atoms. The van der Waals surface area contributed by atoms with Gasteiger partial charge < -0.3 is 0 Å². The van der Waals surface area contributed by atoms with Gasteiger partial charge in [0.1, 0.15) is 11.6 Å². The standard InChI is InChI=1S/C74H38F2/c75-63-23-12-24-64(76)72(63)51-27-28-52-60-38-62-61(37-59(60)46-22-11-21-45(51)66(46)52)65(40-15-5-2-6-16-40)73-55-33-31-49-47-25-29-53-57-35-41-17-7-8-18-42(41)36-58(57)54-30-26-48(67(47)69(53)54)50-32-34-56(71(55)68(49)50)74(73)70(62)44-20-10-9-19-43(44)39-13-3-1-4-14-39/h1-38H. The molecule has 0 amide bonds. The summed E-state index contributed by atoms with van der Waals surface area (Å²) < 4.78 is 31.3. The molecule has 17 aromatic carbocycles.